The van der Waals surface area contributed by atoms with Gasteiger partial charge in [-0.05, 0) is 44.4 Å². The molecule has 2 fully saturated rings. The van der Waals surface area contributed by atoms with Crippen molar-refractivity contribution in [2.24, 2.45) is 16.8 Å². The van der Waals surface area contributed by atoms with Crippen molar-refractivity contribution in [2.45, 2.75) is 44.1 Å². The van der Waals surface area contributed by atoms with Crippen LogP contribution in [0.2, 0.25) is 0 Å². The van der Waals surface area contributed by atoms with E-state index in [9.17, 15) is 9.59 Å². The van der Waals surface area contributed by atoms with Crippen LogP contribution in [0.4, 0.5) is 0 Å². The number of carboxylic acids is 1. The maximum atomic E-state index is 12.4. The van der Waals surface area contributed by atoms with Crippen molar-refractivity contribution in [3.8, 4) is 0 Å². The van der Waals surface area contributed by atoms with Gasteiger partial charge < -0.3 is 10.0 Å². The van der Waals surface area contributed by atoms with Gasteiger partial charge in [0, 0.05) is 6.54 Å². The van der Waals surface area contributed by atoms with Gasteiger partial charge in [0.15, 0.2) is 0 Å². The first-order chi connectivity index (χ1) is 8.61. The molecule has 0 bridgehead atoms. The lowest BCUT2D eigenvalue weighted by Gasteiger charge is -2.32. The van der Waals surface area contributed by atoms with Crippen molar-refractivity contribution in [3.05, 3.63) is 0 Å². The molecule has 0 atom stereocenters. The van der Waals surface area contributed by atoms with E-state index in [1.54, 1.807) is 11.2 Å². The summed E-state index contributed by atoms with van der Waals surface area (Å²) in [5.41, 5.74) is -0.624. The zero-order chi connectivity index (χ0) is 12.8. The molecule has 18 heavy (non-hydrogen) atoms. The molecule has 1 amide bonds. The number of hydrogen-bond acceptors (Lipinski definition) is 3. The molecule has 5 nitrogen and oxygen atoms in total. The number of amides is 1. The number of aliphatic imine (C=N–C) groups is 1. The lowest BCUT2D eigenvalue weighted by Crippen LogP contribution is -2.45. The van der Waals surface area contributed by atoms with E-state index in [1.165, 1.54) is 12.8 Å². The number of hydrogen-bond donors (Lipinski definition) is 1. The molecule has 1 aliphatic heterocycles. The topological polar surface area (TPSA) is 70.0 Å². The molecule has 0 radical (unpaired) electrons. The van der Waals surface area contributed by atoms with E-state index in [2.05, 4.69) is 4.99 Å². The highest BCUT2D eigenvalue weighted by molar-refractivity contribution is 6.00. The van der Waals surface area contributed by atoms with Gasteiger partial charge in [0.2, 0.25) is 0 Å². The van der Waals surface area contributed by atoms with Gasteiger partial charge in [-0.15, -0.1) is 0 Å². The van der Waals surface area contributed by atoms with Gasteiger partial charge in [-0.1, -0.05) is 0 Å². The largest absolute Gasteiger partial charge is 0.481 e. The summed E-state index contributed by atoms with van der Waals surface area (Å²) in [5, 5.41) is 8.98. The van der Waals surface area contributed by atoms with Crippen LogP contribution in [0.5, 0.6) is 0 Å². The summed E-state index contributed by atoms with van der Waals surface area (Å²) in [7, 11) is 0. The van der Waals surface area contributed by atoms with Crippen molar-refractivity contribution in [1.82, 2.24) is 4.90 Å². The minimum absolute atomic E-state index is 0.0956. The number of rotatable bonds is 3. The van der Waals surface area contributed by atoms with E-state index < -0.39 is 11.5 Å². The Morgan fingerprint density at radius 3 is 2.61 bits per heavy atom. The van der Waals surface area contributed by atoms with Gasteiger partial charge in [0.25, 0.3) is 5.91 Å². The molecule has 0 aromatic heterocycles. The van der Waals surface area contributed by atoms with Crippen LogP contribution >= 0.6 is 0 Å². The van der Waals surface area contributed by atoms with E-state index in [0.29, 0.717) is 31.6 Å². The zero-order valence-corrected chi connectivity index (χ0v) is 10.3. The number of carbonyl (C=O) groups is 2. The molecule has 3 rings (SSSR count). The number of carboxylic acid groups (broad SMARTS) is 1. The van der Waals surface area contributed by atoms with Gasteiger partial charge in [0.1, 0.15) is 5.54 Å². The third-order valence-corrected chi connectivity index (χ3v) is 4.42. The number of nitrogens with zero attached hydrogens (tertiary/aromatic N) is 2. The summed E-state index contributed by atoms with van der Waals surface area (Å²) in [4.78, 5) is 29.5. The third kappa shape index (κ3) is 1.91. The highest BCUT2D eigenvalue weighted by Crippen LogP contribution is 2.40. The summed E-state index contributed by atoms with van der Waals surface area (Å²) in [5.74, 6) is -0.283. The molecule has 0 aromatic rings. The molecule has 1 spiro atoms. The maximum absolute atomic E-state index is 12.4. The van der Waals surface area contributed by atoms with E-state index in [-0.39, 0.29) is 11.8 Å². The van der Waals surface area contributed by atoms with Gasteiger partial charge in [0.05, 0.1) is 12.3 Å². The smallest absolute Gasteiger partial charge is 0.306 e. The average molecular weight is 250 g/mol. The Bertz CT molecular complexity index is 406. The Morgan fingerprint density at radius 2 is 2.06 bits per heavy atom. The van der Waals surface area contributed by atoms with Crippen LogP contribution in [-0.2, 0) is 9.59 Å². The van der Waals surface area contributed by atoms with E-state index in [0.717, 1.165) is 6.54 Å². The predicted octanol–water partition coefficient (Wildman–Crippen LogP) is 1.28. The van der Waals surface area contributed by atoms with Crippen LogP contribution in [-0.4, -0.2) is 40.3 Å². The second kappa shape index (κ2) is 4.07. The van der Waals surface area contributed by atoms with Gasteiger partial charge in [-0.2, -0.15) is 0 Å². The van der Waals surface area contributed by atoms with E-state index in [1.807, 2.05) is 0 Å². The van der Waals surface area contributed by atoms with Gasteiger partial charge in [-0.3, -0.25) is 14.6 Å². The Balaban J connectivity index is 1.65. The van der Waals surface area contributed by atoms with Crippen LogP contribution in [0, 0.1) is 11.8 Å². The summed E-state index contributed by atoms with van der Waals surface area (Å²) in [6.07, 6.45) is 6.41. The Labute approximate surface area is 106 Å². The molecule has 0 aromatic carbocycles. The van der Waals surface area contributed by atoms with E-state index in [4.69, 9.17) is 5.11 Å². The molecular formula is C13H18N2O3. The lowest BCUT2D eigenvalue weighted by molar-refractivity contribution is -0.145. The predicted molar refractivity (Wildman–Crippen MR) is 65.3 cm³/mol. The number of carbonyl (C=O) groups excluding carboxylic acids is 1. The standard InChI is InChI=1S/C13H18N2O3/c16-11(17)10-3-5-13(6-4-10)12(18)15(8-14-13)7-9-1-2-9/h8-10H,1-7H2,(H,16,17). The normalized spacial score (nSPS) is 35.4. The second-order valence-corrected chi connectivity index (χ2v) is 5.79. The fourth-order valence-corrected chi connectivity index (χ4v) is 2.95. The monoisotopic (exact) mass is 250 g/mol. The third-order valence-electron chi connectivity index (χ3n) is 4.42. The summed E-state index contributed by atoms with van der Waals surface area (Å²) < 4.78 is 0. The Kier molecular flexibility index (Phi) is 2.64. The molecule has 2 saturated carbocycles. The number of aliphatic carboxylic acids is 1. The van der Waals surface area contributed by atoms with Crippen molar-refractivity contribution >= 4 is 18.2 Å². The highest BCUT2D eigenvalue weighted by atomic mass is 16.4. The first-order valence-electron chi connectivity index (χ1n) is 6.70. The second-order valence-electron chi connectivity index (χ2n) is 5.79. The van der Waals surface area contributed by atoms with Crippen molar-refractivity contribution in [1.29, 1.82) is 0 Å². The van der Waals surface area contributed by atoms with Crippen LogP contribution in [0.25, 0.3) is 0 Å². The first kappa shape index (κ1) is 11.7. The fraction of sp³-hybridized carbons (Fsp3) is 0.769. The lowest BCUT2D eigenvalue weighted by atomic mass is 9.76. The highest BCUT2D eigenvalue weighted by Gasteiger charge is 2.48. The van der Waals surface area contributed by atoms with Crippen LogP contribution < -0.4 is 0 Å². The molecule has 2 aliphatic carbocycles. The van der Waals surface area contributed by atoms with Crippen LogP contribution in [0.3, 0.4) is 0 Å². The minimum Gasteiger partial charge on any atom is -0.481 e. The summed E-state index contributed by atoms with van der Waals surface area (Å²) in [6.45, 7) is 0.798. The Hall–Kier alpha value is -1.39. The first-order valence-corrected chi connectivity index (χ1v) is 6.70. The fourth-order valence-electron chi connectivity index (χ4n) is 2.95. The summed E-state index contributed by atoms with van der Waals surface area (Å²) >= 11 is 0. The Morgan fingerprint density at radius 1 is 1.39 bits per heavy atom. The summed E-state index contributed by atoms with van der Waals surface area (Å²) in [6, 6.07) is 0. The van der Waals surface area contributed by atoms with Gasteiger partial charge in [-0.25, -0.2) is 0 Å². The SMILES string of the molecule is O=C(O)C1CCC2(CC1)N=CN(CC1CC1)C2=O. The molecule has 1 heterocycles. The average Bonchev–Trinajstić information content (AvgIpc) is 3.13. The zero-order valence-electron chi connectivity index (χ0n) is 10.3. The van der Waals surface area contributed by atoms with Crippen molar-refractivity contribution < 1.29 is 14.7 Å². The van der Waals surface area contributed by atoms with Crippen molar-refractivity contribution in [2.75, 3.05) is 6.54 Å². The molecular weight excluding hydrogens is 232 g/mol. The molecule has 0 saturated heterocycles. The molecule has 1 N–H and O–H groups in total. The van der Waals surface area contributed by atoms with Crippen LogP contribution in [0.15, 0.2) is 4.99 Å². The van der Waals surface area contributed by atoms with Crippen LogP contribution in [0.1, 0.15) is 38.5 Å². The van der Waals surface area contributed by atoms with Gasteiger partial charge >= 0.3 is 5.97 Å². The quantitative estimate of drug-likeness (QED) is 0.820. The van der Waals surface area contributed by atoms with Crippen molar-refractivity contribution in [3.63, 3.8) is 0 Å². The molecule has 5 heteroatoms. The van der Waals surface area contributed by atoms with E-state index >= 15 is 0 Å². The maximum Gasteiger partial charge on any atom is 0.306 e. The molecule has 3 aliphatic rings. The molecule has 0 unspecified atom stereocenters. The minimum atomic E-state index is -0.742. The molecule has 98 valence electrons.